The number of pyridine rings is 1. The number of rotatable bonds is 4. The number of nitrogens with one attached hydrogen (secondary N) is 1. The van der Waals surface area contributed by atoms with Crippen LogP contribution in [0.5, 0.6) is 0 Å². The molecule has 1 atom stereocenters. The van der Waals surface area contributed by atoms with Gasteiger partial charge in [0.25, 0.3) is 5.91 Å². The summed E-state index contributed by atoms with van der Waals surface area (Å²) in [6, 6.07) is 11.6. The zero-order valence-electron chi connectivity index (χ0n) is 14.7. The number of nitrogens with zero attached hydrogens (tertiary/aromatic N) is 3. The molecule has 3 aromatic rings. The quantitative estimate of drug-likeness (QED) is 0.751. The molecule has 0 saturated carbocycles. The summed E-state index contributed by atoms with van der Waals surface area (Å²) in [5, 5.41) is 6.32. The van der Waals surface area contributed by atoms with Crippen LogP contribution in [-0.4, -0.2) is 20.7 Å². The van der Waals surface area contributed by atoms with Gasteiger partial charge in [-0.25, -0.2) is 0 Å². The van der Waals surface area contributed by atoms with Crippen LogP contribution in [0.2, 0.25) is 0 Å². The van der Waals surface area contributed by atoms with Crippen molar-refractivity contribution in [2.45, 2.75) is 19.1 Å². The summed E-state index contributed by atoms with van der Waals surface area (Å²) < 4.78 is 39.2. The molecule has 8 heteroatoms. The summed E-state index contributed by atoms with van der Waals surface area (Å²) in [6.45, 7) is 1.75. The van der Waals surface area contributed by atoms with Crippen LogP contribution in [0.1, 0.15) is 34.7 Å². The van der Waals surface area contributed by atoms with Crippen LogP contribution in [0.25, 0.3) is 11.1 Å². The monoisotopic (exact) mass is 374 g/mol. The molecule has 5 nitrogen and oxygen atoms in total. The first-order chi connectivity index (χ1) is 12.8. The summed E-state index contributed by atoms with van der Waals surface area (Å²) in [4.78, 5) is 16.3. The molecule has 2 heterocycles. The fourth-order valence-electron chi connectivity index (χ4n) is 2.70. The lowest BCUT2D eigenvalue weighted by atomic mass is 10.0. The Morgan fingerprint density at radius 3 is 2.41 bits per heavy atom. The van der Waals surface area contributed by atoms with E-state index in [0.717, 1.165) is 29.8 Å². The minimum atomic E-state index is -4.56. The van der Waals surface area contributed by atoms with E-state index in [9.17, 15) is 18.0 Å². The first kappa shape index (κ1) is 18.6. The number of aromatic nitrogens is 3. The van der Waals surface area contributed by atoms with E-state index >= 15 is 0 Å². The SMILES string of the molecule is CC(NC(=O)c1cc(C(F)(F)F)n(C)n1)c1ccc(-c2cccnc2)cc1. The Kier molecular flexibility index (Phi) is 4.98. The maximum Gasteiger partial charge on any atom is 0.433 e. The number of carbonyl (C=O) groups excluding carboxylic acids is 1. The molecular formula is C19H17F3N4O. The summed E-state index contributed by atoms with van der Waals surface area (Å²) >= 11 is 0. The molecule has 1 aromatic carbocycles. The first-order valence-electron chi connectivity index (χ1n) is 8.18. The molecule has 27 heavy (non-hydrogen) atoms. The van der Waals surface area contributed by atoms with Crippen molar-refractivity contribution in [2.24, 2.45) is 7.05 Å². The molecule has 3 rings (SSSR count). The third-order valence-electron chi connectivity index (χ3n) is 4.16. The van der Waals surface area contributed by atoms with Gasteiger partial charge in [-0.15, -0.1) is 0 Å². The Bertz CT molecular complexity index is 934. The molecule has 2 aromatic heterocycles. The van der Waals surface area contributed by atoms with Crippen LogP contribution < -0.4 is 5.32 Å². The Morgan fingerprint density at radius 1 is 1.15 bits per heavy atom. The first-order valence-corrected chi connectivity index (χ1v) is 8.18. The van der Waals surface area contributed by atoms with Crippen LogP contribution >= 0.6 is 0 Å². The Labute approximate surface area is 153 Å². The lowest BCUT2D eigenvalue weighted by molar-refractivity contribution is -0.143. The predicted molar refractivity (Wildman–Crippen MR) is 93.8 cm³/mol. The van der Waals surface area contributed by atoms with E-state index in [-0.39, 0.29) is 5.69 Å². The normalized spacial score (nSPS) is 12.6. The smallest absolute Gasteiger partial charge is 0.344 e. The summed E-state index contributed by atoms with van der Waals surface area (Å²) in [5.41, 5.74) is 1.52. The largest absolute Gasteiger partial charge is 0.433 e. The molecule has 140 valence electrons. The Balaban J connectivity index is 1.72. The number of aryl methyl sites for hydroxylation is 1. The van der Waals surface area contributed by atoms with E-state index in [1.165, 1.54) is 0 Å². The maximum absolute atomic E-state index is 12.8. The number of alkyl halides is 3. The van der Waals surface area contributed by atoms with Gasteiger partial charge >= 0.3 is 6.18 Å². The van der Waals surface area contributed by atoms with E-state index < -0.39 is 23.8 Å². The number of halogens is 3. The van der Waals surface area contributed by atoms with Gasteiger partial charge in [0.15, 0.2) is 5.69 Å². The van der Waals surface area contributed by atoms with Gasteiger partial charge in [-0.3, -0.25) is 14.5 Å². The molecule has 1 amide bonds. The van der Waals surface area contributed by atoms with Crippen molar-refractivity contribution in [3.05, 3.63) is 71.8 Å². The standard InChI is InChI=1S/C19H17F3N4O/c1-12(13-5-7-14(8-6-13)15-4-3-9-23-11-15)24-18(27)16-10-17(19(20,21)22)26(2)25-16/h3-12H,1-2H3,(H,24,27). The number of hydrogen-bond donors (Lipinski definition) is 1. The zero-order chi connectivity index (χ0) is 19.6. The van der Waals surface area contributed by atoms with E-state index in [2.05, 4.69) is 15.4 Å². The number of hydrogen-bond acceptors (Lipinski definition) is 3. The fraction of sp³-hybridized carbons (Fsp3) is 0.211. The van der Waals surface area contributed by atoms with Crippen LogP contribution in [0.15, 0.2) is 54.9 Å². The maximum atomic E-state index is 12.8. The summed E-state index contributed by atoms with van der Waals surface area (Å²) in [7, 11) is 1.15. The number of amides is 1. The second-order valence-corrected chi connectivity index (χ2v) is 6.10. The lowest BCUT2D eigenvalue weighted by Gasteiger charge is -2.14. The van der Waals surface area contributed by atoms with Crippen LogP contribution in [0.4, 0.5) is 13.2 Å². The van der Waals surface area contributed by atoms with Gasteiger partial charge in [-0.2, -0.15) is 18.3 Å². The van der Waals surface area contributed by atoms with Gasteiger partial charge in [0, 0.05) is 25.5 Å². The number of carbonyl (C=O) groups is 1. The average molecular weight is 374 g/mol. The average Bonchev–Trinajstić information content (AvgIpc) is 3.05. The van der Waals surface area contributed by atoms with Crippen molar-refractivity contribution in [2.75, 3.05) is 0 Å². The minimum absolute atomic E-state index is 0.274. The second-order valence-electron chi connectivity index (χ2n) is 6.10. The second kappa shape index (κ2) is 7.22. The van der Waals surface area contributed by atoms with Crippen molar-refractivity contribution < 1.29 is 18.0 Å². The van der Waals surface area contributed by atoms with Gasteiger partial charge < -0.3 is 5.32 Å². The molecule has 0 aliphatic rings. The predicted octanol–water partition coefficient (Wildman–Crippen LogP) is 3.99. The third-order valence-corrected chi connectivity index (χ3v) is 4.16. The summed E-state index contributed by atoms with van der Waals surface area (Å²) in [6.07, 6.45) is -1.12. The highest BCUT2D eigenvalue weighted by Crippen LogP contribution is 2.29. The molecule has 1 N–H and O–H groups in total. The van der Waals surface area contributed by atoms with E-state index in [1.54, 1.807) is 19.3 Å². The number of benzene rings is 1. The van der Waals surface area contributed by atoms with Gasteiger partial charge in [-0.1, -0.05) is 30.3 Å². The van der Waals surface area contributed by atoms with E-state index in [4.69, 9.17) is 0 Å². The molecule has 0 radical (unpaired) electrons. The molecule has 1 unspecified atom stereocenters. The van der Waals surface area contributed by atoms with Crippen molar-refractivity contribution in [3.63, 3.8) is 0 Å². The van der Waals surface area contributed by atoms with E-state index in [0.29, 0.717) is 4.68 Å². The third kappa shape index (κ3) is 4.16. The van der Waals surface area contributed by atoms with Gasteiger partial charge in [0.2, 0.25) is 0 Å². The van der Waals surface area contributed by atoms with Crippen LogP contribution in [-0.2, 0) is 13.2 Å². The van der Waals surface area contributed by atoms with Gasteiger partial charge in [0.1, 0.15) is 5.69 Å². The lowest BCUT2D eigenvalue weighted by Crippen LogP contribution is -2.27. The van der Waals surface area contributed by atoms with Crippen molar-refractivity contribution in [1.29, 1.82) is 0 Å². The van der Waals surface area contributed by atoms with Gasteiger partial charge in [-0.05, 0) is 29.7 Å². The van der Waals surface area contributed by atoms with Gasteiger partial charge in [0.05, 0.1) is 6.04 Å². The molecule has 0 bridgehead atoms. The van der Waals surface area contributed by atoms with Crippen LogP contribution in [0.3, 0.4) is 0 Å². The molecule has 0 fully saturated rings. The highest BCUT2D eigenvalue weighted by atomic mass is 19.4. The molecule has 0 aliphatic carbocycles. The Hall–Kier alpha value is -3.16. The van der Waals surface area contributed by atoms with Crippen molar-refractivity contribution >= 4 is 5.91 Å². The minimum Gasteiger partial charge on any atom is -0.344 e. The topological polar surface area (TPSA) is 59.8 Å². The van der Waals surface area contributed by atoms with E-state index in [1.807, 2.05) is 36.4 Å². The molecular weight excluding hydrogens is 357 g/mol. The fourth-order valence-corrected chi connectivity index (χ4v) is 2.70. The zero-order valence-corrected chi connectivity index (χ0v) is 14.7. The molecule has 0 spiro atoms. The van der Waals surface area contributed by atoms with Crippen molar-refractivity contribution in [3.8, 4) is 11.1 Å². The van der Waals surface area contributed by atoms with Crippen LogP contribution in [0, 0.1) is 0 Å². The highest BCUT2D eigenvalue weighted by Gasteiger charge is 2.35. The highest BCUT2D eigenvalue weighted by molar-refractivity contribution is 5.92. The molecule has 0 aliphatic heterocycles. The van der Waals surface area contributed by atoms with Crippen molar-refractivity contribution in [1.82, 2.24) is 20.1 Å². The molecule has 0 saturated heterocycles. The summed E-state index contributed by atoms with van der Waals surface area (Å²) in [5.74, 6) is -0.662. The Morgan fingerprint density at radius 2 is 1.85 bits per heavy atom.